The van der Waals surface area contributed by atoms with Crippen LogP contribution >= 0.6 is 0 Å². The second-order valence-electron chi connectivity index (χ2n) is 6.19. The number of carbonyl (C=O) groups excluding carboxylic acids is 3. The molecule has 2 N–H and O–H groups in total. The predicted octanol–water partition coefficient (Wildman–Crippen LogP) is 3.55. The summed E-state index contributed by atoms with van der Waals surface area (Å²) in [4.78, 5) is 39.7. The molecule has 7 nitrogen and oxygen atoms in total. The zero-order chi connectivity index (χ0) is 20.6. The number of pyridine rings is 1. The molecule has 0 saturated carbocycles. The van der Waals surface area contributed by atoms with Gasteiger partial charge in [-0.2, -0.15) is 0 Å². The molecule has 0 atom stereocenters. The van der Waals surface area contributed by atoms with E-state index in [4.69, 9.17) is 4.74 Å². The highest BCUT2D eigenvalue weighted by Crippen LogP contribution is 2.17. The summed E-state index contributed by atoms with van der Waals surface area (Å²) in [7, 11) is 0. The molecule has 0 aliphatic rings. The van der Waals surface area contributed by atoms with Crippen molar-refractivity contribution in [3.63, 3.8) is 0 Å². The van der Waals surface area contributed by atoms with E-state index in [1.165, 1.54) is 19.3 Å². The minimum absolute atomic E-state index is 0.0782. The van der Waals surface area contributed by atoms with Crippen molar-refractivity contribution in [2.75, 3.05) is 17.2 Å². The molecule has 2 amide bonds. The number of aromatic nitrogens is 1. The van der Waals surface area contributed by atoms with Crippen LogP contribution in [0.4, 0.5) is 11.4 Å². The zero-order valence-electron chi connectivity index (χ0n) is 15.7. The van der Waals surface area contributed by atoms with Crippen LogP contribution in [0.3, 0.4) is 0 Å². The van der Waals surface area contributed by atoms with Crippen LogP contribution < -0.4 is 15.4 Å². The minimum Gasteiger partial charge on any atom is -0.484 e. The fourth-order valence-electron chi connectivity index (χ4n) is 2.53. The Morgan fingerprint density at radius 2 is 1.55 bits per heavy atom. The maximum absolute atomic E-state index is 12.2. The number of hydrogen-bond donors (Lipinski definition) is 2. The van der Waals surface area contributed by atoms with Crippen LogP contribution in [0.5, 0.6) is 5.75 Å². The van der Waals surface area contributed by atoms with Crippen molar-refractivity contribution < 1.29 is 19.1 Å². The Morgan fingerprint density at radius 3 is 2.28 bits per heavy atom. The number of benzene rings is 2. The normalized spacial score (nSPS) is 10.1. The van der Waals surface area contributed by atoms with Gasteiger partial charge < -0.3 is 15.4 Å². The van der Waals surface area contributed by atoms with E-state index in [2.05, 4.69) is 15.6 Å². The van der Waals surface area contributed by atoms with Crippen molar-refractivity contribution in [3.05, 3.63) is 84.2 Å². The number of carbonyl (C=O) groups is 3. The molecule has 2 aromatic carbocycles. The van der Waals surface area contributed by atoms with Gasteiger partial charge in [-0.05, 0) is 49.4 Å². The number of rotatable bonds is 7. The lowest BCUT2D eigenvalue weighted by molar-refractivity contribution is -0.118. The van der Waals surface area contributed by atoms with Crippen molar-refractivity contribution in [1.29, 1.82) is 0 Å². The van der Waals surface area contributed by atoms with E-state index in [0.717, 1.165) is 0 Å². The molecule has 0 radical (unpaired) electrons. The number of ether oxygens (including phenoxy) is 1. The first-order valence-electron chi connectivity index (χ1n) is 8.86. The first-order valence-corrected chi connectivity index (χ1v) is 8.86. The van der Waals surface area contributed by atoms with Gasteiger partial charge in [0.15, 0.2) is 12.4 Å². The highest BCUT2D eigenvalue weighted by atomic mass is 16.5. The Morgan fingerprint density at radius 1 is 0.862 bits per heavy atom. The highest BCUT2D eigenvalue weighted by molar-refractivity contribution is 6.04. The van der Waals surface area contributed by atoms with Gasteiger partial charge in [-0.3, -0.25) is 19.4 Å². The van der Waals surface area contributed by atoms with Gasteiger partial charge in [0.05, 0.1) is 0 Å². The van der Waals surface area contributed by atoms with Crippen LogP contribution in [0.25, 0.3) is 0 Å². The van der Waals surface area contributed by atoms with Gasteiger partial charge in [0.2, 0.25) is 0 Å². The summed E-state index contributed by atoms with van der Waals surface area (Å²) in [6.07, 6.45) is 3.08. The molecule has 0 bridgehead atoms. The maximum Gasteiger partial charge on any atom is 0.262 e. The average molecular weight is 389 g/mol. The first-order chi connectivity index (χ1) is 14.0. The summed E-state index contributed by atoms with van der Waals surface area (Å²) in [5.74, 6) is -0.280. The summed E-state index contributed by atoms with van der Waals surface area (Å²) in [6, 6.07) is 16.6. The monoisotopic (exact) mass is 389 g/mol. The van der Waals surface area contributed by atoms with Gasteiger partial charge >= 0.3 is 0 Å². The van der Waals surface area contributed by atoms with Crippen molar-refractivity contribution in [1.82, 2.24) is 4.98 Å². The average Bonchev–Trinajstić information content (AvgIpc) is 2.73. The Hall–Kier alpha value is -4.00. The van der Waals surface area contributed by atoms with Crippen LogP contribution in [0.2, 0.25) is 0 Å². The predicted molar refractivity (Wildman–Crippen MR) is 109 cm³/mol. The SMILES string of the molecule is CC(=O)c1cccc(OCC(=O)Nc2cccc(NC(=O)c3ccncc3)c2)c1. The lowest BCUT2D eigenvalue weighted by atomic mass is 10.1. The third kappa shape index (κ3) is 5.74. The van der Waals surface area contributed by atoms with Gasteiger partial charge in [0.1, 0.15) is 5.75 Å². The number of Topliss-reactive ketones (excluding diaryl/α,β-unsaturated/α-hetero) is 1. The molecular weight excluding hydrogens is 370 g/mol. The lowest BCUT2D eigenvalue weighted by Gasteiger charge is -2.10. The lowest BCUT2D eigenvalue weighted by Crippen LogP contribution is -2.20. The number of amides is 2. The maximum atomic E-state index is 12.2. The number of ketones is 1. The molecule has 146 valence electrons. The number of nitrogens with zero attached hydrogens (tertiary/aromatic N) is 1. The highest BCUT2D eigenvalue weighted by Gasteiger charge is 2.08. The second kappa shape index (κ2) is 9.27. The summed E-state index contributed by atoms with van der Waals surface area (Å²) in [5, 5.41) is 5.48. The van der Waals surface area contributed by atoms with Crippen LogP contribution in [0, 0.1) is 0 Å². The van der Waals surface area contributed by atoms with Crippen molar-refractivity contribution in [2.45, 2.75) is 6.92 Å². The largest absolute Gasteiger partial charge is 0.484 e. The number of hydrogen-bond acceptors (Lipinski definition) is 5. The Balaban J connectivity index is 1.57. The van der Waals surface area contributed by atoms with Gasteiger partial charge in [0.25, 0.3) is 11.8 Å². The summed E-state index contributed by atoms with van der Waals surface area (Å²) < 4.78 is 5.44. The van der Waals surface area contributed by atoms with Gasteiger partial charge in [-0.15, -0.1) is 0 Å². The molecule has 1 aromatic heterocycles. The number of nitrogens with one attached hydrogen (secondary N) is 2. The van der Waals surface area contributed by atoms with Gasteiger partial charge in [0, 0.05) is 34.9 Å². The van der Waals surface area contributed by atoms with E-state index in [1.807, 2.05) is 0 Å². The van der Waals surface area contributed by atoms with Crippen molar-refractivity contribution >= 4 is 29.0 Å². The zero-order valence-corrected chi connectivity index (χ0v) is 15.7. The van der Waals surface area contributed by atoms with Gasteiger partial charge in [-0.25, -0.2) is 0 Å². The molecule has 0 spiro atoms. The van der Waals surface area contributed by atoms with E-state index in [-0.39, 0.29) is 24.2 Å². The Labute approximate surface area is 167 Å². The fourth-order valence-corrected chi connectivity index (χ4v) is 2.53. The molecular formula is C22H19N3O4. The molecule has 29 heavy (non-hydrogen) atoms. The van der Waals surface area contributed by atoms with Crippen LogP contribution in [0.1, 0.15) is 27.6 Å². The van der Waals surface area contributed by atoms with E-state index in [9.17, 15) is 14.4 Å². The van der Waals surface area contributed by atoms with E-state index in [0.29, 0.717) is 28.3 Å². The minimum atomic E-state index is -0.365. The molecule has 0 aliphatic heterocycles. The van der Waals surface area contributed by atoms with Crippen LogP contribution in [0.15, 0.2) is 73.1 Å². The summed E-state index contributed by atoms with van der Waals surface area (Å²) in [5.41, 5.74) is 2.06. The first kappa shape index (κ1) is 19.8. The molecule has 0 saturated heterocycles. The summed E-state index contributed by atoms with van der Waals surface area (Å²) in [6.45, 7) is 1.25. The quantitative estimate of drug-likeness (QED) is 0.602. The van der Waals surface area contributed by atoms with Crippen LogP contribution in [-0.4, -0.2) is 29.2 Å². The van der Waals surface area contributed by atoms with E-state index >= 15 is 0 Å². The second-order valence-corrected chi connectivity index (χ2v) is 6.19. The van der Waals surface area contributed by atoms with Crippen molar-refractivity contribution in [2.24, 2.45) is 0 Å². The molecule has 3 rings (SSSR count). The van der Waals surface area contributed by atoms with Crippen LogP contribution in [-0.2, 0) is 4.79 Å². The Kier molecular flexibility index (Phi) is 6.32. The molecule has 1 heterocycles. The fraction of sp³-hybridized carbons (Fsp3) is 0.0909. The standard InChI is InChI=1S/C22H19N3O4/c1-15(26)17-4-2-7-20(12-17)29-14-21(27)24-18-5-3-6-19(13-18)25-22(28)16-8-10-23-11-9-16/h2-13H,14H2,1H3,(H,24,27)(H,25,28). The molecule has 0 unspecified atom stereocenters. The molecule has 0 aliphatic carbocycles. The number of anilines is 2. The van der Waals surface area contributed by atoms with E-state index in [1.54, 1.807) is 60.7 Å². The van der Waals surface area contributed by atoms with Crippen molar-refractivity contribution in [3.8, 4) is 5.75 Å². The van der Waals surface area contributed by atoms with Gasteiger partial charge in [-0.1, -0.05) is 18.2 Å². The van der Waals surface area contributed by atoms with E-state index < -0.39 is 0 Å². The molecule has 7 heteroatoms. The smallest absolute Gasteiger partial charge is 0.262 e. The molecule has 0 fully saturated rings. The summed E-state index contributed by atoms with van der Waals surface area (Å²) >= 11 is 0. The topological polar surface area (TPSA) is 97.4 Å². The third-order valence-corrected chi connectivity index (χ3v) is 3.96. The Bertz CT molecular complexity index is 1030. The third-order valence-electron chi connectivity index (χ3n) is 3.96. The molecule has 3 aromatic rings.